The van der Waals surface area contributed by atoms with Crippen molar-refractivity contribution in [3.05, 3.63) is 106 Å². The van der Waals surface area contributed by atoms with Crippen molar-refractivity contribution < 1.29 is 43.9 Å². The molecule has 0 amide bonds. The number of aromatic nitrogens is 1. The van der Waals surface area contributed by atoms with Gasteiger partial charge in [-0.25, -0.2) is 4.79 Å². The predicted octanol–water partition coefficient (Wildman–Crippen LogP) is 4.53. The van der Waals surface area contributed by atoms with Crippen LogP contribution in [-0.2, 0) is 32.2 Å². The summed E-state index contributed by atoms with van der Waals surface area (Å²) in [5, 5.41) is 42.1. The van der Waals surface area contributed by atoms with Crippen LogP contribution < -0.4 is 14.8 Å². The van der Waals surface area contributed by atoms with Crippen LogP contribution in [0.25, 0.3) is 5.57 Å². The molecule has 14 heteroatoms. The molecule has 1 aromatic heterocycles. The Balaban J connectivity index is 1.35. The summed E-state index contributed by atoms with van der Waals surface area (Å²) in [5.41, 5.74) is 1.32. The van der Waals surface area contributed by atoms with E-state index in [4.69, 9.17) is 30.5 Å². The van der Waals surface area contributed by atoms with E-state index in [1.165, 1.54) is 13.3 Å². The lowest BCUT2D eigenvalue weighted by atomic mass is 9.77. The number of aliphatic hydroxyl groups excluding tert-OH is 1. The molecule has 1 aliphatic carbocycles. The van der Waals surface area contributed by atoms with Crippen LogP contribution in [0.4, 0.5) is 0 Å². The first kappa shape index (κ1) is 41.4. The lowest BCUT2D eigenvalue weighted by Crippen LogP contribution is -2.50. The molecule has 2 heterocycles. The zero-order chi connectivity index (χ0) is 39.4. The second-order valence-corrected chi connectivity index (χ2v) is 14.1. The largest absolute Gasteiger partial charge is 0.489 e. The molecule has 3 atom stereocenters. The molecule has 3 unspecified atom stereocenters. The number of nitriles is 1. The van der Waals surface area contributed by atoms with Crippen molar-refractivity contribution >= 4 is 29.1 Å². The van der Waals surface area contributed by atoms with Crippen LogP contribution in [0.15, 0.2) is 79.2 Å². The van der Waals surface area contributed by atoms with Gasteiger partial charge in [-0.05, 0) is 48.6 Å². The lowest BCUT2D eigenvalue weighted by molar-refractivity contribution is -0.167. The Morgan fingerprint density at radius 1 is 1.13 bits per heavy atom. The van der Waals surface area contributed by atoms with Gasteiger partial charge < -0.3 is 39.2 Å². The second-order valence-electron chi connectivity index (χ2n) is 13.7. The fourth-order valence-electron chi connectivity index (χ4n) is 6.72. The molecule has 0 spiro atoms. The third kappa shape index (κ3) is 10.5. The number of allylic oxidation sites excluding steroid dienone is 2. The molecule has 1 saturated heterocycles. The standard InChI is InChI=1S/C41H47ClN4O9/c1-28-33(31-8-4-3-5-9-31)10-6-11-41(28,55-17-7-14-46-15-12-40(51,13-16-46)39(50)52-2)27-54-37-20-36(53-26-30-18-29(21-43)22-44-23-30)32(19-34(37)42)24-45-35(25-47)38(48)49/h3-6,8-11,18-20,22-23,28,35,45,47,51H,7,12-17,24-27H2,1-2H3,(H,48,49). The number of esters is 1. The first-order valence-electron chi connectivity index (χ1n) is 18.1. The van der Waals surface area contributed by atoms with Crippen LogP contribution in [-0.4, -0.2) is 101 Å². The predicted molar refractivity (Wildman–Crippen MR) is 204 cm³/mol. The van der Waals surface area contributed by atoms with Gasteiger partial charge in [-0.2, -0.15) is 5.26 Å². The van der Waals surface area contributed by atoms with E-state index in [2.05, 4.69) is 46.4 Å². The highest BCUT2D eigenvalue weighted by molar-refractivity contribution is 6.32. The third-order valence-electron chi connectivity index (χ3n) is 10.1. The van der Waals surface area contributed by atoms with Gasteiger partial charge in [-0.3, -0.25) is 15.1 Å². The van der Waals surface area contributed by atoms with Crippen LogP contribution in [0, 0.1) is 17.2 Å². The number of hydrogen-bond acceptors (Lipinski definition) is 12. The molecule has 292 valence electrons. The number of aliphatic hydroxyl groups is 2. The Morgan fingerprint density at radius 2 is 1.89 bits per heavy atom. The number of carboxylic acid groups (broad SMARTS) is 1. The number of carbonyl (C=O) groups is 2. The van der Waals surface area contributed by atoms with Gasteiger partial charge in [0.15, 0.2) is 5.60 Å². The van der Waals surface area contributed by atoms with Crippen LogP contribution >= 0.6 is 11.6 Å². The van der Waals surface area contributed by atoms with E-state index in [-0.39, 0.29) is 30.7 Å². The SMILES string of the molecule is COC(=O)C1(O)CCN(CCCOC2(COc3cc(OCc4cncc(C#N)c4)c(CNC(CO)C(=O)O)cc3Cl)C=CC=C(c3ccccc3)C2C)CC1. The number of nitrogens with one attached hydrogen (secondary N) is 1. The number of rotatable bonds is 18. The molecule has 1 fully saturated rings. The third-order valence-corrected chi connectivity index (χ3v) is 10.4. The van der Waals surface area contributed by atoms with Gasteiger partial charge in [0.1, 0.15) is 42.4 Å². The summed E-state index contributed by atoms with van der Waals surface area (Å²) in [6.45, 7) is 3.86. The van der Waals surface area contributed by atoms with E-state index >= 15 is 0 Å². The average Bonchev–Trinajstić information content (AvgIpc) is 3.20. The number of likely N-dealkylation sites (tertiary alicyclic amines) is 1. The van der Waals surface area contributed by atoms with Crippen molar-refractivity contribution in [3.63, 3.8) is 0 Å². The summed E-state index contributed by atoms with van der Waals surface area (Å²) in [4.78, 5) is 29.9. The Kier molecular flexibility index (Phi) is 14.4. The molecular formula is C41H47ClN4O9. The van der Waals surface area contributed by atoms with E-state index < -0.39 is 35.8 Å². The first-order valence-corrected chi connectivity index (χ1v) is 18.5. The summed E-state index contributed by atoms with van der Waals surface area (Å²) in [6, 6.07) is 15.8. The highest BCUT2D eigenvalue weighted by atomic mass is 35.5. The highest BCUT2D eigenvalue weighted by Gasteiger charge is 2.42. The van der Waals surface area contributed by atoms with Crippen molar-refractivity contribution in [1.82, 2.24) is 15.2 Å². The number of aliphatic carboxylic acids is 1. The molecule has 0 bridgehead atoms. The van der Waals surface area contributed by atoms with Gasteiger partial charge in [0, 0.05) is 68.3 Å². The number of carboxylic acids is 1. The van der Waals surface area contributed by atoms with Gasteiger partial charge in [0.05, 0.1) is 24.3 Å². The van der Waals surface area contributed by atoms with E-state index in [0.29, 0.717) is 73.7 Å². The topological polar surface area (TPSA) is 184 Å². The van der Waals surface area contributed by atoms with Gasteiger partial charge >= 0.3 is 11.9 Å². The molecule has 5 rings (SSSR count). The number of hydrogen-bond donors (Lipinski definition) is 4. The fraction of sp³-hybridized carbons (Fsp3) is 0.415. The quantitative estimate of drug-likeness (QED) is 0.105. The highest BCUT2D eigenvalue weighted by Crippen LogP contribution is 2.41. The number of piperidine rings is 1. The summed E-state index contributed by atoms with van der Waals surface area (Å²) >= 11 is 6.81. The molecule has 3 aromatic rings. The minimum absolute atomic E-state index is 0.0143. The first-order chi connectivity index (χ1) is 26.5. The second kappa shape index (κ2) is 19.2. The maximum absolute atomic E-state index is 12.1. The minimum Gasteiger partial charge on any atom is -0.489 e. The van der Waals surface area contributed by atoms with Crippen molar-refractivity contribution in [2.45, 2.75) is 56.6 Å². The maximum atomic E-state index is 12.1. The molecule has 0 radical (unpaired) electrons. The summed E-state index contributed by atoms with van der Waals surface area (Å²) in [7, 11) is 1.28. The van der Waals surface area contributed by atoms with Crippen molar-refractivity contribution in [1.29, 1.82) is 5.26 Å². The van der Waals surface area contributed by atoms with E-state index in [1.807, 2.05) is 30.4 Å². The normalized spacial score (nSPS) is 19.9. The van der Waals surface area contributed by atoms with Crippen molar-refractivity contribution in [2.75, 3.05) is 46.6 Å². The summed E-state index contributed by atoms with van der Waals surface area (Å²) in [5.74, 6) is -1.29. The lowest BCUT2D eigenvalue weighted by Gasteiger charge is -2.40. The number of pyridine rings is 1. The Bertz CT molecular complexity index is 1890. The smallest absolute Gasteiger partial charge is 0.337 e. The van der Waals surface area contributed by atoms with Gasteiger partial charge in [0.2, 0.25) is 0 Å². The van der Waals surface area contributed by atoms with Crippen molar-refractivity contribution in [3.8, 4) is 17.6 Å². The molecule has 4 N–H and O–H groups in total. The number of benzene rings is 2. The van der Waals surface area contributed by atoms with Crippen LogP contribution in [0.2, 0.25) is 5.02 Å². The van der Waals surface area contributed by atoms with Gasteiger partial charge in [-0.15, -0.1) is 0 Å². The van der Waals surface area contributed by atoms with Crippen LogP contribution in [0.3, 0.4) is 0 Å². The summed E-state index contributed by atoms with van der Waals surface area (Å²) < 4.78 is 24.2. The van der Waals surface area contributed by atoms with Crippen molar-refractivity contribution in [2.24, 2.45) is 5.92 Å². The molecule has 0 saturated carbocycles. The zero-order valence-electron chi connectivity index (χ0n) is 30.9. The minimum atomic E-state index is -1.45. The van der Waals surface area contributed by atoms with E-state index in [9.17, 15) is 30.2 Å². The molecular weight excluding hydrogens is 728 g/mol. The molecule has 1 aliphatic heterocycles. The van der Waals surface area contributed by atoms with Crippen LogP contribution in [0.1, 0.15) is 48.4 Å². The molecule has 55 heavy (non-hydrogen) atoms. The van der Waals surface area contributed by atoms with Gasteiger partial charge in [0.25, 0.3) is 0 Å². The number of halogens is 1. The maximum Gasteiger partial charge on any atom is 0.337 e. The average molecular weight is 775 g/mol. The number of methoxy groups -OCH3 is 1. The molecule has 2 aromatic carbocycles. The Hall–Kier alpha value is -4.81. The van der Waals surface area contributed by atoms with Crippen LogP contribution in [0.5, 0.6) is 11.5 Å². The fourth-order valence-corrected chi connectivity index (χ4v) is 6.96. The monoisotopic (exact) mass is 774 g/mol. The van der Waals surface area contributed by atoms with E-state index in [0.717, 1.165) is 11.1 Å². The molecule has 2 aliphatic rings. The Labute approximate surface area is 325 Å². The van der Waals surface area contributed by atoms with Gasteiger partial charge in [-0.1, -0.05) is 61.0 Å². The number of carbonyl (C=O) groups excluding carboxylic acids is 1. The number of ether oxygens (including phenoxy) is 4. The molecule has 13 nitrogen and oxygen atoms in total. The Morgan fingerprint density at radius 3 is 2.58 bits per heavy atom. The zero-order valence-corrected chi connectivity index (χ0v) is 31.7. The van der Waals surface area contributed by atoms with E-state index in [1.54, 1.807) is 24.4 Å². The number of nitrogens with zero attached hydrogens (tertiary/aromatic N) is 3. The summed E-state index contributed by atoms with van der Waals surface area (Å²) in [6.07, 6.45) is 10.4.